The fourth-order valence-corrected chi connectivity index (χ4v) is 4.23. The van der Waals surface area contributed by atoms with E-state index >= 15 is 0 Å². The first kappa shape index (κ1) is 12.6. The number of rotatable bonds is 1. The van der Waals surface area contributed by atoms with Crippen LogP contribution >= 0.6 is 11.3 Å². The minimum atomic E-state index is 1.35. The molecule has 1 aromatic heterocycles. The third-order valence-corrected chi connectivity index (χ3v) is 5.52. The Morgan fingerprint density at radius 2 is 1.38 bits per heavy atom. The van der Waals surface area contributed by atoms with Gasteiger partial charge in [0.1, 0.15) is 0 Å². The quantitative estimate of drug-likeness (QED) is 0.383. The normalized spacial score (nSPS) is 11.3. The molecule has 0 saturated heterocycles. The summed E-state index contributed by atoms with van der Waals surface area (Å²) in [6.07, 6.45) is 0. The summed E-state index contributed by atoms with van der Waals surface area (Å²) in [4.78, 5) is 0. The highest BCUT2D eigenvalue weighted by molar-refractivity contribution is 7.26. The molecule has 0 bridgehead atoms. The molecule has 0 amide bonds. The van der Waals surface area contributed by atoms with Gasteiger partial charge < -0.3 is 0 Å². The van der Waals surface area contributed by atoms with E-state index in [0.717, 1.165) is 0 Å². The van der Waals surface area contributed by atoms with E-state index in [1.165, 1.54) is 42.4 Å². The number of hydrogen-bond donors (Lipinski definition) is 0. The molecule has 0 nitrogen and oxygen atoms in total. The van der Waals surface area contributed by atoms with Crippen LogP contribution in [-0.4, -0.2) is 0 Å². The molecule has 1 heterocycles. The second kappa shape index (κ2) is 4.71. The number of aryl methyl sites for hydroxylation is 1. The van der Waals surface area contributed by atoms with Crippen LogP contribution in [0.4, 0.5) is 0 Å². The maximum absolute atomic E-state index is 2.25. The van der Waals surface area contributed by atoms with Gasteiger partial charge in [-0.1, -0.05) is 54.6 Å². The summed E-state index contributed by atoms with van der Waals surface area (Å²) in [5.41, 5.74) is 5.44. The van der Waals surface area contributed by atoms with Gasteiger partial charge in [0.15, 0.2) is 0 Å². The highest BCUT2D eigenvalue weighted by Crippen LogP contribution is 2.40. The van der Waals surface area contributed by atoms with E-state index in [9.17, 15) is 0 Å². The fraction of sp³-hybridized carbons (Fsp3) is 0.100. The van der Waals surface area contributed by atoms with E-state index < -0.39 is 0 Å². The Morgan fingerprint density at radius 3 is 2.29 bits per heavy atom. The molecule has 102 valence electrons. The molecule has 1 heteroatoms. The molecule has 0 aliphatic heterocycles. The Kier molecular flexibility index (Phi) is 2.83. The predicted molar refractivity (Wildman–Crippen MR) is 94.2 cm³/mol. The van der Waals surface area contributed by atoms with E-state index in [1.807, 2.05) is 11.3 Å². The second-order valence-electron chi connectivity index (χ2n) is 5.53. The second-order valence-corrected chi connectivity index (χ2v) is 6.58. The molecule has 0 unspecified atom stereocenters. The third-order valence-electron chi connectivity index (χ3n) is 4.30. The Bertz CT molecular complexity index is 960. The van der Waals surface area contributed by atoms with Crippen molar-refractivity contribution < 1.29 is 0 Å². The molecule has 21 heavy (non-hydrogen) atoms. The minimum Gasteiger partial charge on any atom is -0.135 e. The molecule has 4 rings (SSSR count). The van der Waals surface area contributed by atoms with Gasteiger partial charge in [-0.2, -0.15) is 0 Å². The molecule has 0 fully saturated rings. The lowest BCUT2D eigenvalue weighted by atomic mass is 9.96. The number of hydrogen-bond acceptors (Lipinski definition) is 1. The number of fused-ring (bicyclic) bond motifs is 3. The van der Waals surface area contributed by atoms with Crippen LogP contribution in [0.5, 0.6) is 0 Å². The Morgan fingerprint density at radius 1 is 0.667 bits per heavy atom. The van der Waals surface area contributed by atoms with Crippen LogP contribution in [0.25, 0.3) is 31.3 Å². The molecule has 4 aromatic rings. The molecule has 0 saturated carbocycles. The van der Waals surface area contributed by atoms with E-state index in [-0.39, 0.29) is 0 Å². The van der Waals surface area contributed by atoms with Crippen molar-refractivity contribution in [3.63, 3.8) is 0 Å². The lowest BCUT2D eigenvalue weighted by Gasteiger charge is -2.09. The zero-order valence-corrected chi connectivity index (χ0v) is 13.0. The average molecular weight is 288 g/mol. The maximum atomic E-state index is 2.25. The van der Waals surface area contributed by atoms with Gasteiger partial charge >= 0.3 is 0 Å². The molecule has 0 aliphatic rings. The van der Waals surface area contributed by atoms with Gasteiger partial charge in [0.05, 0.1) is 0 Å². The summed E-state index contributed by atoms with van der Waals surface area (Å²) in [7, 11) is 0. The summed E-state index contributed by atoms with van der Waals surface area (Å²) in [5.74, 6) is 0. The van der Waals surface area contributed by atoms with Crippen molar-refractivity contribution in [1.29, 1.82) is 0 Å². The Hall–Kier alpha value is -2.12. The van der Waals surface area contributed by atoms with Crippen LogP contribution in [-0.2, 0) is 0 Å². The van der Waals surface area contributed by atoms with Gasteiger partial charge in [-0.3, -0.25) is 0 Å². The topological polar surface area (TPSA) is 0 Å². The summed E-state index contributed by atoms with van der Waals surface area (Å²) in [6, 6.07) is 21.9. The van der Waals surface area contributed by atoms with Gasteiger partial charge in [0.25, 0.3) is 0 Å². The van der Waals surface area contributed by atoms with Crippen LogP contribution in [0.3, 0.4) is 0 Å². The van der Waals surface area contributed by atoms with Gasteiger partial charge in [-0.05, 0) is 42.2 Å². The lowest BCUT2D eigenvalue weighted by Crippen LogP contribution is -1.86. The molecule has 0 radical (unpaired) electrons. The van der Waals surface area contributed by atoms with E-state index in [4.69, 9.17) is 0 Å². The molecule has 0 spiro atoms. The minimum absolute atomic E-state index is 1.35. The predicted octanol–water partition coefficient (Wildman–Crippen LogP) is 6.34. The molecule has 0 aliphatic carbocycles. The third kappa shape index (κ3) is 1.89. The van der Waals surface area contributed by atoms with Crippen molar-refractivity contribution in [3.05, 3.63) is 71.8 Å². The molecule has 0 atom stereocenters. The van der Waals surface area contributed by atoms with E-state index in [2.05, 4.69) is 74.5 Å². The summed E-state index contributed by atoms with van der Waals surface area (Å²) >= 11 is 1.90. The van der Waals surface area contributed by atoms with Crippen molar-refractivity contribution in [2.75, 3.05) is 0 Å². The van der Waals surface area contributed by atoms with Crippen molar-refractivity contribution in [2.24, 2.45) is 0 Å². The highest BCUT2D eigenvalue weighted by Gasteiger charge is 2.11. The highest BCUT2D eigenvalue weighted by atomic mass is 32.1. The summed E-state index contributed by atoms with van der Waals surface area (Å²) < 4.78 is 2.76. The van der Waals surface area contributed by atoms with Crippen LogP contribution in [0.2, 0.25) is 0 Å². The summed E-state index contributed by atoms with van der Waals surface area (Å²) in [6.45, 7) is 4.40. The Balaban J connectivity index is 2.12. The van der Waals surface area contributed by atoms with E-state index in [0.29, 0.717) is 0 Å². The van der Waals surface area contributed by atoms with Crippen molar-refractivity contribution >= 4 is 31.5 Å². The van der Waals surface area contributed by atoms with Crippen LogP contribution < -0.4 is 0 Å². The molecule has 0 N–H and O–H groups in total. The zero-order valence-electron chi connectivity index (χ0n) is 12.2. The Labute approximate surface area is 128 Å². The first-order chi connectivity index (χ1) is 10.3. The van der Waals surface area contributed by atoms with Crippen LogP contribution in [0.1, 0.15) is 11.1 Å². The van der Waals surface area contributed by atoms with Crippen LogP contribution in [0.15, 0.2) is 60.7 Å². The van der Waals surface area contributed by atoms with Gasteiger partial charge in [-0.15, -0.1) is 11.3 Å². The largest absolute Gasteiger partial charge is 0.135 e. The monoisotopic (exact) mass is 288 g/mol. The molecule has 3 aromatic carbocycles. The van der Waals surface area contributed by atoms with Crippen molar-refractivity contribution in [2.45, 2.75) is 13.8 Å². The van der Waals surface area contributed by atoms with E-state index in [1.54, 1.807) is 0 Å². The first-order valence-corrected chi connectivity index (χ1v) is 8.04. The maximum Gasteiger partial charge on any atom is 0.0433 e. The zero-order chi connectivity index (χ0) is 14.4. The number of benzene rings is 3. The van der Waals surface area contributed by atoms with Gasteiger partial charge in [0.2, 0.25) is 0 Å². The van der Waals surface area contributed by atoms with Crippen molar-refractivity contribution in [1.82, 2.24) is 0 Å². The van der Waals surface area contributed by atoms with Gasteiger partial charge in [-0.25, -0.2) is 0 Å². The lowest BCUT2D eigenvalue weighted by molar-refractivity contribution is 1.34. The molecular formula is C20H16S. The SMILES string of the molecule is Cc1cccc(-c2cccc3c2sc2ccccc23)c1C. The molecular weight excluding hydrogens is 272 g/mol. The average Bonchev–Trinajstić information content (AvgIpc) is 2.89. The van der Waals surface area contributed by atoms with Gasteiger partial charge in [0, 0.05) is 20.2 Å². The smallest absolute Gasteiger partial charge is 0.0433 e. The van der Waals surface area contributed by atoms with Crippen LogP contribution in [0, 0.1) is 13.8 Å². The number of thiophene rings is 1. The summed E-state index contributed by atoms with van der Waals surface area (Å²) in [5, 5.41) is 2.73. The first-order valence-electron chi connectivity index (χ1n) is 7.22. The standard InChI is InChI=1S/C20H16S/c1-13-7-5-9-15(14(13)2)17-10-6-11-18-16-8-3-4-12-19(16)21-20(17)18/h3-12H,1-2H3. The van der Waals surface area contributed by atoms with Crippen molar-refractivity contribution in [3.8, 4) is 11.1 Å². The fourth-order valence-electron chi connectivity index (χ4n) is 3.00.